The molecule has 0 bridgehead atoms. The van der Waals surface area contributed by atoms with Gasteiger partial charge in [-0.25, -0.2) is 4.98 Å². The van der Waals surface area contributed by atoms with E-state index in [9.17, 15) is 15.3 Å². The molecular formula is C27H18N4OS. The van der Waals surface area contributed by atoms with Crippen LogP contribution in [-0.2, 0) is 0 Å². The van der Waals surface area contributed by atoms with Gasteiger partial charge in [0.15, 0.2) is 5.78 Å². The molecule has 4 aromatic rings. The topological polar surface area (TPSA) is 104 Å². The predicted octanol–water partition coefficient (Wildman–Crippen LogP) is 5.79. The highest BCUT2D eigenvalue weighted by Gasteiger charge is 2.28. The molecule has 1 atom stereocenters. The van der Waals surface area contributed by atoms with Gasteiger partial charge in [-0.1, -0.05) is 103 Å². The standard InChI is InChI=1S/C27H18N4OS/c28-16-21-23(18-10-4-1-5-11-18)22(17-29)27(31-26(21)30)33-25(20-14-8-3-9-15-20)24(32)19-12-6-2-7-13-19/h1-15,25H,(H2,30,31). The number of Topliss-reactive ketones (excluding diaryl/α,β-unsaturated/α-hetero) is 1. The van der Waals surface area contributed by atoms with Crippen molar-refractivity contribution in [2.45, 2.75) is 10.3 Å². The summed E-state index contributed by atoms with van der Waals surface area (Å²) in [6.07, 6.45) is 0. The Morgan fingerprint density at radius 2 is 1.36 bits per heavy atom. The lowest BCUT2D eigenvalue weighted by molar-refractivity contribution is 0.0989. The third-order valence-electron chi connectivity index (χ3n) is 5.11. The summed E-state index contributed by atoms with van der Waals surface area (Å²) in [5.74, 6) is -0.0847. The van der Waals surface area contributed by atoms with E-state index >= 15 is 0 Å². The van der Waals surface area contributed by atoms with Crippen molar-refractivity contribution in [3.05, 3.63) is 113 Å². The van der Waals surface area contributed by atoms with Gasteiger partial charge in [0.2, 0.25) is 0 Å². The minimum Gasteiger partial charge on any atom is -0.383 e. The van der Waals surface area contributed by atoms with Gasteiger partial charge in [0.05, 0.1) is 10.8 Å². The molecule has 0 saturated heterocycles. The number of nitrogens with zero attached hydrogens (tertiary/aromatic N) is 3. The SMILES string of the molecule is N#Cc1c(N)nc(SC(C(=O)c2ccccc2)c2ccccc2)c(C#N)c1-c1ccccc1. The number of nitrogen functional groups attached to an aromatic ring is 1. The zero-order valence-electron chi connectivity index (χ0n) is 17.5. The summed E-state index contributed by atoms with van der Waals surface area (Å²) in [4.78, 5) is 17.9. The third-order valence-corrected chi connectivity index (χ3v) is 6.35. The fourth-order valence-electron chi connectivity index (χ4n) is 3.54. The van der Waals surface area contributed by atoms with Gasteiger partial charge in [-0.05, 0) is 11.1 Å². The third kappa shape index (κ3) is 4.48. The summed E-state index contributed by atoms with van der Waals surface area (Å²) in [7, 11) is 0. The largest absolute Gasteiger partial charge is 0.383 e. The molecule has 5 nitrogen and oxygen atoms in total. The Bertz CT molecular complexity index is 1380. The van der Waals surface area contributed by atoms with Gasteiger partial charge >= 0.3 is 0 Å². The highest BCUT2D eigenvalue weighted by Crippen LogP contribution is 2.42. The van der Waals surface area contributed by atoms with Crippen molar-refractivity contribution in [3.63, 3.8) is 0 Å². The quantitative estimate of drug-likeness (QED) is 0.297. The lowest BCUT2D eigenvalue weighted by Gasteiger charge is -2.18. The lowest BCUT2D eigenvalue weighted by atomic mass is 9.97. The molecule has 0 aliphatic rings. The number of carbonyl (C=O) groups is 1. The van der Waals surface area contributed by atoms with E-state index in [0.717, 1.165) is 5.56 Å². The molecule has 0 saturated carbocycles. The molecule has 4 rings (SSSR count). The Morgan fingerprint density at radius 1 is 0.818 bits per heavy atom. The number of rotatable bonds is 6. The molecule has 6 heteroatoms. The van der Waals surface area contributed by atoms with E-state index in [2.05, 4.69) is 17.1 Å². The molecule has 0 spiro atoms. The molecule has 33 heavy (non-hydrogen) atoms. The zero-order valence-corrected chi connectivity index (χ0v) is 18.3. The number of thioether (sulfide) groups is 1. The van der Waals surface area contributed by atoms with Crippen LogP contribution in [-0.4, -0.2) is 10.8 Å². The molecule has 3 aromatic carbocycles. The van der Waals surface area contributed by atoms with Crippen LogP contribution in [0.4, 0.5) is 5.82 Å². The Labute approximate surface area is 196 Å². The first kappa shape index (κ1) is 21.8. The first-order chi connectivity index (χ1) is 16.1. The minimum atomic E-state index is -0.649. The van der Waals surface area contributed by atoms with Crippen LogP contribution in [0.15, 0.2) is 96.0 Å². The molecule has 0 fully saturated rings. The maximum atomic E-state index is 13.5. The molecule has 1 heterocycles. The van der Waals surface area contributed by atoms with Crippen molar-refractivity contribution in [1.82, 2.24) is 4.98 Å². The molecule has 0 amide bonds. The minimum absolute atomic E-state index is 0.0248. The van der Waals surface area contributed by atoms with Gasteiger partial charge < -0.3 is 5.73 Å². The van der Waals surface area contributed by atoms with Crippen LogP contribution in [0.3, 0.4) is 0 Å². The van der Waals surface area contributed by atoms with E-state index in [1.165, 1.54) is 11.8 Å². The second kappa shape index (κ2) is 9.82. The van der Waals surface area contributed by atoms with Crippen molar-refractivity contribution >= 4 is 23.4 Å². The number of ketones is 1. The van der Waals surface area contributed by atoms with Gasteiger partial charge in [-0.15, -0.1) is 0 Å². The van der Waals surface area contributed by atoms with Crippen molar-refractivity contribution in [2.75, 3.05) is 5.73 Å². The number of nitriles is 2. The van der Waals surface area contributed by atoms with E-state index in [1.54, 1.807) is 12.1 Å². The van der Waals surface area contributed by atoms with E-state index in [-0.39, 0.29) is 22.7 Å². The smallest absolute Gasteiger partial charge is 0.180 e. The number of anilines is 1. The Kier molecular flexibility index (Phi) is 6.50. The molecule has 1 unspecified atom stereocenters. The van der Waals surface area contributed by atoms with Gasteiger partial charge in [-0.2, -0.15) is 10.5 Å². The normalized spacial score (nSPS) is 11.2. The summed E-state index contributed by atoms with van der Waals surface area (Å²) >= 11 is 1.17. The average molecular weight is 447 g/mol. The second-order valence-corrected chi connectivity index (χ2v) is 8.25. The average Bonchev–Trinajstić information content (AvgIpc) is 2.88. The van der Waals surface area contributed by atoms with Crippen LogP contribution >= 0.6 is 11.8 Å². The summed E-state index contributed by atoms with van der Waals surface area (Å²) in [6, 6.07) is 31.8. The number of hydrogen-bond acceptors (Lipinski definition) is 6. The van der Waals surface area contributed by atoms with Crippen LogP contribution in [0.1, 0.15) is 32.3 Å². The number of pyridine rings is 1. The maximum Gasteiger partial charge on any atom is 0.180 e. The summed E-state index contributed by atoms with van der Waals surface area (Å²) in [5.41, 5.74) is 8.98. The molecule has 2 N–H and O–H groups in total. The molecular weight excluding hydrogens is 428 g/mol. The number of carbonyl (C=O) groups excluding carboxylic acids is 1. The molecule has 158 valence electrons. The fraction of sp³-hybridized carbons (Fsp3) is 0.0370. The first-order valence-corrected chi connectivity index (χ1v) is 11.0. The number of aromatic nitrogens is 1. The van der Waals surface area contributed by atoms with Crippen LogP contribution in [0.25, 0.3) is 11.1 Å². The van der Waals surface area contributed by atoms with Crippen molar-refractivity contribution in [3.8, 4) is 23.3 Å². The summed E-state index contributed by atoms with van der Waals surface area (Å²) in [6.45, 7) is 0. The highest BCUT2D eigenvalue weighted by atomic mass is 32.2. The van der Waals surface area contributed by atoms with Crippen LogP contribution < -0.4 is 5.73 Å². The molecule has 0 aliphatic carbocycles. The van der Waals surface area contributed by atoms with Crippen molar-refractivity contribution < 1.29 is 4.79 Å². The Morgan fingerprint density at radius 3 is 1.94 bits per heavy atom. The Balaban J connectivity index is 1.88. The van der Waals surface area contributed by atoms with Gasteiger partial charge in [-0.3, -0.25) is 4.79 Å². The zero-order chi connectivity index (χ0) is 23.2. The summed E-state index contributed by atoms with van der Waals surface area (Å²) in [5, 5.41) is 19.5. The van der Waals surface area contributed by atoms with Gasteiger partial charge in [0, 0.05) is 11.1 Å². The lowest BCUT2D eigenvalue weighted by Crippen LogP contribution is -2.11. The second-order valence-electron chi connectivity index (χ2n) is 7.16. The van der Waals surface area contributed by atoms with E-state index in [1.807, 2.05) is 78.9 Å². The summed E-state index contributed by atoms with van der Waals surface area (Å²) < 4.78 is 0. The molecule has 0 radical (unpaired) electrons. The first-order valence-electron chi connectivity index (χ1n) is 10.1. The predicted molar refractivity (Wildman–Crippen MR) is 129 cm³/mol. The van der Waals surface area contributed by atoms with E-state index in [0.29, 0.717) is 21.7 Å². The molecule has 0 aliphatic heterocycles. The number of nitrogens with two attached hydrogens (primary N) is 1. The molecule has 1 aromatic heterocycles. The number of benzene rings is 3. The van der Waals surface area contributed by atoms with Crippen LogP contribution in [0, 0.1) is 22.7 Å². The van der Waals surface area contributed by atoms with Crippen molar-refractivity contribution in [1.29, 1.82) is 10.5 Å². The van der Waals surface area contributed by atoms with Crippen LogP contribution in [0.2, 0.25) is 0 Å². The Hall–Kier alpha value is -4.39. The van der Waals surface area contributed by atoms with E-state index in [4.69, 9.17) is 5.73 Å². The maximum absolute atomic E-state index is 13.5. The fourth-order valence-corrected chi connectivity index (χ4v) is 4.72. The van der Waals surface area contributed by atoms with E-state index < -0.39 is 5.25 Å². The van der Waals surface area contributed by atoms with Crippen LogP contribution in [0.5, 0.6) is 0 Å². The van der Waals surface area contributed by atoms with Gasteiger partial charge in [0.1, 0.15) is 28.5 Å². The monoisotopic (exact) mass is 446 g/mol. The highest BCUT2D eigenvalue weighted by molar-refractivity contribution is 8.00. The van der Waals surface area contributed by atoms with Gasteiger partial charge in [0.25, 0.3) is 0 Å². The number of hydrogen-bond donors (Lipinski definition) is 1. The van der Waals surface area contributed by atoms with Crippen molar-refractivity contribution in [2.24, 2.45) is 0 Å².